The molecule has 2 aromatic carbocycles. The molecular weight excluding hydrogens is 372 g/mol. The Morgan fingerprint density at radius 3 is 2.54 bits per heavy atom. The van der Waals surface area contributed by atoms with E-state index in [0.717, 1.165) is 17.0 Å². The lowest BCUT2D eigenvalue weighted by molar-refractivity contribution is -0.118. The summed E-state index contributed by atoms with van der Waals surface area (Å²) in [5.41, 5.74) is 3.02. The van der Waals surface area contributed by atoms with Crippen molar-refractivity contribution >= 4 is 17.7 Å². The van der Waals surface area contributed by atoms with Gasteiger partial charge in [-0.25, -0.2) is 0 Å². The van der Waals surface area contributed by atoms with Gasteiger partial charge < -0.3 is 10.1 Å². The van der Waals surface area contributed by atoms with E-state index in [1.807, 2.05) is 60.0 Å². The molecule has 6 nitrogen and oxygen atoms in total. The number of ether oxygens (including phenoxy) is 1. The van der Waals surface area contributed by atoms with E-state index in [4.69, 9.17) is 4.74 Å². The van der Waals surface area contributed by atoms with Crippen LogP contribution >= 0.6 is 11.8 Å². The lowest BCUT2D eigenvalue weighted by Gasteiger charge is -2.11. The maximum atomic E-state index is 12.0. The standard InChI is InChI=1S/C21H22N4O2S/c1-4-13-22-19(26)14-28-21-24-23-20(16-7-11-18(27-3)12-8-16)25(21)17-9-5-15(2)6-10-17/h4-12H,1,13-14H2,2-3H3,(H,22,26). The number of rotatable bonds is 8. The molecule has 144 valence electrons. The van der Waals surface area contributed by atoms with Crippen LogP contribution in [0.15, 0.2) is 66.3 Å². The maximum absolute atomic E-state index is 12.0. The van der Waals surface area contributed by atoms with Crippen molar-refractivity contribution in [2.75, 3.05) is 19.4 Å². The fourth-order valence-electron chi connectivity index (χ4n) is 2.58. The van der Waals surface area contributed by atoms with E-state index in [1.165, 1.54) is 17.3 Å². The van der Waals surface area contributed by atoms with E-state index >= 15 is 0 Å². The van der Waals surface area contributed by atoms with Gasteiger partial charge >= 0.3 is 0 Å². The molecule has 0 aliphatic rings. The smallest absolute Gasteiger partial charge is 0.230 e. The monoisotopic (exact) mass is 394 g/mol. The van der Waals surface area contributed by atoms with Crippen molar-refractivity contribution in [1.82, 2.24) is 20.1 Å². The SMILES string of the molecule is C=CCNC(=O)CSc1nnc(-c2ccc(OC)cc2)n1-c1ccc(C)cc1. The van der Waals surface area contributed by atoms with E-state index in [1.54, 1.807) is 13.2 Å². The Balaban J connectivity index is 1.95. The number of methoxy groups -OCH3 is 1. The number of thioether (sulfide) groups is 1. The predicted octanol–water partition coefficient (Wildman–Crippen LogP) is 3.65. The van der Waals surface area contributed by atoms with Crippen LogP contribution in [0.5, 0.6) is 5.75 Å². The predicted molar refractivity (Wildman–Crippen MR) is 112 cm³/mol. The first kappa shape index (κ1) is 19.7. The Kier molecular flexibility index (Phi) is 6.49. The summed E-state index contributed by atoms with van der Waals surface area (Å²) >= 11 is 1.35. The van der Waals surface area contributed by atoms with Gasteiger partial charge in [-0.2, -0.15) is 0 Å². The van der Waals surface area contributed by atoms with Gasteiger partial charge in [0.2, 0.25) is 5.91 Å². The summed E-state index contributed by atoms with van der Waals surface area (Å²) in [6.45, 7) is 6.09. The van der Waals surface area contributed by atoms with Gasteiger partial charge in [0.1, 0.15) is 5.75 Å². The van der Waals surface area contributed by atoms with E-state index in [-0.39, 0.29) is 11.7 Å². The summed E-state index contributed by atoms with van der Waals surface area (Å²) in [6, 6.07) is 15.8. The molecule has 0 radical (unpaired) electrons. The summed E-state index contributed by atoms with van der Waals surface area (Å²) in [4.78, 5) is 12.0. The third-order valence-electron chi connectivity index (χ3n) is 4.05. The van der Waals surface area contributed by atoms with Crippen molar-refractivity contribution in [3.8, 4) is 22.8 Å². The van der Waals surface area contributed by atoms with Gasteiger partial charge in [-0.1, -0.05) is 35.5 Å². The van der Waals surface area contributed by atoms with Gasteiger partial charge in [0.25, 0.3) is 0 Å². The zero-order valence-corrected chi connectivity index (χ0v) is 16.7. The third-order valence-corrected chi connectivity index (χ3v) is 4.98. The Morgan fingerprint density at radius 2 is 1.89 bits per heavy atom. The summed E-state index contributed by atoms with van der Waals surface area (Å²) in [7, 11) is 1.63. The van der Waals surface area contributed by atoms with Crippen LogP contribution in [0.2, 0.25) is 0 Å². The topological polar surface area (TPSA) is 69.0 Å². The van der Waals surface area contributed by atoms with Gasteiger partial charge in [-0.3, -0.25) is 9.36 Å². The molecule has 0 unspecified atom stereocenters. The highest BCUT2D eigenvalue weighted by atomic mass is 32.2. The molecule has 0 aliphatic carbocycles. The van der Waals surface area contributed by atoms with Crippen LogP contribution in [0.1, 0.15) is 5.56 Å². The maximum Gasteiger partial charge on any atom is 0.230 e. The summed E-state index contributed by atoms with van der Waals surface area (Å²) in [5.74, 6) is 1.66. The first-order valence-electron chi connectivity index (χ1n) is 8.79. The number of nitrogens with one attached hydrogen (secondary N) is 1. The van der Waals surface area contributed by atoms with Crippen LogP contribution < -0.4 is 10.1 Å². The minimum Gasteiger partial charge on any atom is -0.497 e. The number of amides is 1. The number of nitrogens with zero attached hydrogens (tertiary/aromatic N) is 3. The molecule has 0 aliphatic heterocycles. The molecule has 0 saturated carbocycles. The Labute approximate surface area is 168 Å². The number of carbonyl (C=O) groups is 1. The summed E-state index contributed by atoms with van der Waals surface area (Å²) in [5, 5.41) is 12.1. The highest BCUT2D eigenvalue weighted by Crippen LogP contribution is 2.29. The van der Waals surface area contributed by atoms with Crippen LogP contribution in [-0.4, -0.2) is 40.1 Å². The molecule has 0 saturated heterocycles. The number of hydrogen-bond acceptors (Lipinski definition) is 5. The second-order valence-corrected chi connectivity index (χ2v) is 7.03. The number of aromatic nitrogens is 3. The highest BCUT2D eigenvalue weighted by molar-refractivity contribution is 7.99. The molecule has 0 bridgehead atoms. The molecule has 1 amide bonds. The van der Waals surface area contributed by atoms with Crippen LogP contribution in [0.4, 0.5) is 0 Å². The zero-order valence-electron chi connectivity index (χ0n) is 15.9. The molecule has 0 atom stereocenters. The van der Waals surface area contributed by atoms with Crippen molar-refractivity contribution in [1.29, 1.82) is 0 Å². The van der Waals surface area contributed by atoms with Crippen LogP contribution in [-0.2, 0) is 4.79 Å². The normalized spacial score (nSPS) is 10.5. The lowest BCUT2D eigenvalue weighted by atomic mass is 10.2. The quantitative estimate of drug-likeness (QED) is 0.467. The number of benzene rings is 2. The van der Waals surface area contributed by atoms with Crippen molar-refractivity contribution in [3.05, 3.63) is 66.7 Å². The van der Waals surface area contributed by atoms with E-state index in [0.29, 0.717) is 17.5 Å². The van der Waals surface area contributed by atoms with Gasteiger partial charge in [0, 0.05) is 17.8 Å². The average molecular weight is 395 g/mol. The highest BCUT2D eigenvalue weighted by Gasteiger charge is 2.17. The molecule has 28 heavy (non-hydrogen) atoms. The number of carbonyl (C=O) groups excluding carboxylic acids is 1. The fourth-order valence-corrected chi connectivity index (χ4v) is 3.37. The van der Waals surface area contributed by atoms with E-state index in [9.17, 15) is 4.79 Å². The van der Waals surface area contributed by atoms with Crippen molar-refractivity contribution < 1.29 is 9.53 Å². The molecule has 1 N–H and O–H groups in total. The summed E-state index contributed by atoms with van der Waals surface area (Å²) in [6.07, 6.45) is 1.65. The van der Waals surface area contributed by atoms with Crippen molar-refractivity contribution in [2.24, 2.45) is 0 Å². The molecule has 1 heterocycles. The molecule has 0 spiro atoms. The molecule has 0 fully saturated rings. The second kappa shape index (κ2) is 9.23. The Morgan fingerprint density at radius 1 is 1.18 bits per heavy atom. The van der Waals surface area contributed by atoms with Crippen LogP contribution in [0.3, 0.4) is 0 Å². The van der Waals surface area contributed by atoms with Gasteiger partial charge in [-0.15, -0.1) is 16.8 Å². The minimum atomic E-state index is -0.0747. The molecule has 7 heteroatoms. The zero-order chi connectivity index (χ0) is 19.9. The Hall–Kier alpha value is -3.06. The van der Waals surface area contributed by atoms with E-state index in [2.05, 4.69) is 22.1 Å². The van der Waals surface area contributed by atoms with Crippen LogP contribution in [0.25, 0.3) is 17.1 Å². The second-order valence-electron chi connectivity index (χ2n) is 6.09. The molecule has 3 rings (SSSR count). The summed E-state index contributed by atoms with van der Waals surface area (Å²) < 4.78 is 7.20. The number of hydrogen-bond donors (Lipinski definition) is 1. The molecule has 1 aromatic heterocycles. The van der Waals surface area contributed by atoms with E-state index < -0.39 is 0 Å². The van der Waals surface area contributed by atoms with Crippen molar-refractivity contribution in [3.63, 3.8) is 0 Å². The molecule has 3 aromatic rings. The van der Waals surface area contributed by atoms with Gasteiger partial charge in [0.15, 0.2) is 11.0 Å². The molecular formula is C21H22N4O2S. The first-order chi connectivity index (χ1) is 13.6. The fraction of sp³-hybridized carbons (Fsp3) is 0.190. The number of aryl methyl sites for hydroxylation is 1. The van der Waals surface area contributed by atoms with Crippen molar-refractivity contribution in [2.45, 2.75) is 12.1 Å². The lowest BCUT2D eigenvalue weighted by Crippen LogP contribution is -2.25. The largest absolute Gasteiger partial charge is 0.497 e. The van der Waals surface area contributed by atoms with Crippen LogP contribution in [0, 0.1) is 6.92 Å². The Bertz CT molecular complexity index is 950. The first-order valence-corrected chi connectivity index (χ1v) is 9.78. The van der Waals surface area contributed by atoms with Gasteiger partial charge in [0.05, 0.1) is 12.9 Å². The minimum absolute atomic E-state index is 0.0747. The average Bonchev–Trinajstić information content (AvgIpc) is 3.15. The van der Waals surface area contributed by atoms with Gasteiger partial charge in [-0.05, 0) is 43.3 Å². The third kappa shape index (κ3) is 4.61.